The number of anilines is 2. The van der Waals surface area contributed by atoms with E-state index in [0.29, 0.717) is 34.2 Å². The molecule has 0 atom stereocenters. The number of imide groups is 1. The van der Waals surface area contributed by atoms with Crippen molar-refractivity contribution < 1.29 is 14.4 Å². The molecule has 1 saturated carbocycles. The number of amides is 4. The van der Waals surface area contributed by atoms with Crippen LogP contribution in [0.5, 0.6) is 0 Å². The van der Waals surface area contributed by atoms with E-state index in [1.54, 1.807) is 34.8 Å². The summed E-state index contributed by atoms with van der Waals surface area (Å²) in [4.78, 5) is 40.5. The average molecular weight is 428 g/mol. The summed E-state index contributed by atoms with van der Waals surface area (Å²) in [6.45, 7) is 0. The van der Waals surface area contributed by atoms with Gasteiger partial charge in [-0.1, -0.05) is 0 Å². The van der Waals surface area contributed by atoms with Gasteiger partial charge in [-0.15, -0.1) is 0 Å². The second-order valence-electron chi connectivity index (χ2n) is 7.39. The monoisotopic (exact) mass is 428 g/mol. The molecule has 0 spiro atoms. The molecule has 2 aliphatic rings. The Morgan fingerprint density at radius 3 is 2.66 bits per heavy atom. The van der Waals surface area contributed by atoms with Crippen LogP contribution in [0.3, 0.4) is 0 Å². The summed E-state index contributed by atoms with van der Waals surface area (Å²) in [7, 11) is 0. The maximum atomic E-state index is 12.7. The first-order valence-electron chi connectivity index (χ1n) is 9.81. The highest BCUT2D eigenvalue weighted by Gasteiger charge is 2.25. The van der Waals surface area contributed by atoms with Crippen molar-refractivity contribution >= 4 is 41.2 Å². The molecule has 0 unspecified atom stereocenters. The van der Waals surface area contributed by atoms with Crippen LogP contribution in [0, 0.1) is 11.3 Å². The van der Waals surface area contributed by atoms with Gasteiger partial charge in [0.05, 0.1) is 17.8 Å². The Balaban J connectivity index is 1.51. The number of benzene rings is 1. The van der Waals surface area contributed by atoms with E-state index in [0.717, 1.165) is 12.8 Å². The molecule has 1 aromatic carbocycles. The third-order valence-corrected chi connectivity index (χ3v) is 4.97. The van der Waals surface area contributed by atoms with E-state index in [1.165, 1.54) is 12.3 Å². The molecule has 4 amide bonds. The van der Waals surface area contributed by atoms with Gasteiger partial charge in [0.2, 0.25) is 0 Å². The zero-order chi connectivity index (χ0) is 22.2. The van der Waals surface area contributed by atoms with Crippen molar-refractivity contribution in [1.29, 1.82) is 5.26 Å². The summed E-state index contributed by atoms with van der Waals surface area (Å²) >= 11 is 0. The molecule has 4 N–H and O–H groups in total. The number of aromatic nitrogens is 3. The van der Waals surface area contributed by atoms with Crippen LogP contribution >= 0.6 is 0 Å². The minimum atomic E-state index is -0.600. The lowest BCUT2D eigenvalue weighted by atomic mass is 10.1. The van der Waals surface area contributed by atoms with Gasteiger partial charge in [0.25, 0.3) is 11.8 Å². The van der Waals surface area contributed by atoms with Crippen LogP contribution in [0.4, 0.5) is 16.4 Å². The van der Waals surface area contributed by atoms with Crippen LogP contribution in [-0.2, 0) is 4.79 Å². The summed E-state index contributed by atoms with van der Waals surface area (Å²) in [5, 5.41) is 24.0. The van der Waals surface area contributed by atoms with E-state index < -0.39 is 11.9 Å². The van der Waals surface area contributed by atoms with Gasteiger partial charge in [0.15, 0.2) is 5.65 Å². The van der Waals surface area contributed by atoms with Gasteiger partial charge >= 0.3 is 6.03 Å². The van der Waals surface area contributed by atoms with E-state index in [-0.39, 0.29) is 17.4 Å². The smallest absolute Gasteiger partial charge is 0.326 e. The normalized spacial score (nSPS) is 16.5. The molecule has 3 aromatic rings. The third-order valence-electron chi connectivity index (χ3n) is 4.97. The second-order valence-corrected chi connectivity index (χ2v) is 7.39. The van der Waals surface area contributed by atoms with Crippen molar-refractivity contribution in [3.63, 3.8) is 0 Å². The van der Waals surface area contributed by atoms with E-state index in [2.05, 4.69) is 31.3 Å². The van der Waals surface area contributed by atoms with Crippen LogP contribution < -0.4 is 21.3 Å². The lowest BCUT2D eigenvalue weighted by molar-refractivity contribution is -0.115. The van der Waals surface area contributed by atoms with Gasteiger partial charge in [0.1, 0.15) is 17.3 Å². The Morgan fingerprint density at radius 1 is 1.22 bits per heavy atom. The molecule has 1 aliphatic heterocycles. The number of carbonyl (C=O) groups excluding carboxylic acids is 3. The Hall–Kier alpha value is -4.72. The number of hydrogen-bond acceptors (Lipinski definition) is 7. The minimum Gasteiger partial charge on any atom is -0.367 e. The first-order valence-corrected chi connectivity index (χ1v) is 9.81. The molecule has 1 saturated heterocycles. The molecule has 11 heteroatoms. The van der Waals surface area contributed by atoms with Crippen LogP contribution in [0.15, 0.2) is 42.2 Å². The molecule has 2 aromatic heterocycles. The molecule has 32 heavy (non-hydrogen) atoms. The Kier molecular flexibility index (Phi) is 4.52. The molecule has 158 valence electrons. The van der Waals surface area contributed by atoms with E-state index >= 15 is 0 Å². The van der Waals surface area contributed by atoms with Crippen molar-refractivity contribution in [3.05, 3.63) is 58.9 Å². The number of nitriles is 1. The van der Waals surface area contributed by atoms with Crippen LogP contribution in [0.25, 0.3) is 11.7 Å². The highest BCUT2D eigenvalue weighted by atomic mass is 16.2. The molecular formula is C21H16N8O3. The molecule has 11 nitrogen and oxygen atoms in total. The number of rotatable bonds is 5. The summed E-state index contributed by atoms with van der Waals surface area (Å²) in [6.07, 6.45) is 5.06. The average Bonchev–Trinajstić information content (AvgIpc) is 3.42. The van der Waals surface area contributed by atoms with E-state index in [4.69, 9.17) is 5.26 Å². The fourth-order valence-electron chi connectivity index (χ4n) is 3.21. The van der Waals surface area contributed by atoms with Gasteiger partial charge in [0, 0.05) is 23.2 Å². The molecule has 1 aliphatic carbocycles. The van der Waals surface area contributed by atoms with Gasteiger partial charge in [-0.25, -0.2) is 9.78 Å². The quantitative estimate of drug-likeness (QED) is 0.356. The molecular weight excluding hydrogens is 412 g/mol. The standard InChI is InChI=1S/C21H16N8O3/c22-9-11-1-3-12(4-2-11)19(30)27-16-8-17(24-14-5-6-14)29-18(26-16)13(10-23-29)7-15-20(31)28-21(32)25-15/h1-4,7-8,10,14,24H,5-6H2,(H,26,27,30)(H2,25,28,31,32)/b15-7-. The number of nitrogens with zero attached hydrogens (tertiary/aromatic N) is 4. The number of nitrogens with one attached hydrogen (secondary N) is 4. The van der Waals surface area contributed by atoms with Gasteiger partial charge < -0.3 is 16.0 Å². The fourth-order valence-corrected chi connectivity index (χ4v) is 3.21. The predicted octanol–water partition coefficient (Wildman–Crippen LogP) is 1.61. The maximum absolute atomic E-state index is 12.7. The summed E-state index contributed by atoms with van der Waals surface area (Å²) in [5.74, 6) is -0.00576. The first kappa shape index (κ1) is 19.3. The third kappa shape index (κ3) is 3.72. The van der Waals surface area contributed by atoms with Gasteiger partial charge in [-0.2, -0.15) is 14.9 Å². The summed E-state index contributed by atoms with van der Waals surface area (Å²) in [5.41, 5.74) is 1.80. The number of fused-ring (bicyclic) bond motifs is 1. The van der Waals surface area contributed by atoms with Crippen LogP contribution in [0.1, 0.15) is 34.3 Å². The van der Waals surface area contributed by atoms with Crippen LogP contribution in [-0.4, -0.2) is 38.5 Å². The van der Waals surface area contributed by atoms with Crippen molar-refractivity contribution in [2.75, 3.05) is 10.6 Å². The van der Waals surface area contributed by atoms with E-state index in [1.807, 2.05) is 6.07 Å². The molecule has 2 fully saturated rings. The molecule has 0 bridgehead atoms. The molecule has 3 heterocycles. The summed E-state index contributed by atoms with van der Waals surface area (Å²) < 4.78 is 1.58. The first-order chi connectivity index (χ1) is 15.5. The summed E-state index contributed by atoms with van der Waals surface area (Å²) in [6, 6.07) is 9.66. The lowest BCUT2D eigenvalue weighted by Crippen LogP contribution is -2.22. The zero-order valence-electron chi connectivity index (χ0n) is 16.5. The highest BCUT2D eigenvalue weighted by molar-refractivity contribution is 6.14. The lowest BCUT2D eigenvalue weighted by Gasteiger charge is -2.11. The fraction of sp³-hybridized carbons (Fsp3) is 0.143. The Labute approximate surface area is 181 Å². The largest absolute Gasteiger partial charge is 0.367 e. The minimum absolute atomic E-state index is 0.0791. The van der Waals surface area contributed by atoms with E-state index in [9.17, 15) is 14.4 Å². The number of hydrogen-bond donors (Lipinski definition) is 4. The zero-order valence-corrected chi connectivity index (χ0v) is 16.5. The van der Waals surface area contributed by atoms with Crippen molar-refractivity contribution in [3.8, 4) is 6.07 Å². The van der Waals surface area contributed by atoms with Gasteiger partial charge in [-0.05, 0) is 43.2 Å². The number of urea groups is 1. The second kappa shape index (κ2) is 7.51. The van der Waals surface area contributed by atoms with Crippen molar-refractivity contribution in [1.82, 2.24) is 25.2 Å². The van der Waals surface area contributed by atoms with Crippen LogP contribution in [0.2, 0.25) is 0 Å². The highest BCUT2D eigenvalue weighted by Crippen LogP contribution is 2.27. The maximum Gasteiger partial charge on any atom is 0.326 e. The van der Waals surface area contributed by atoms with Crippen molar-refractivity contribution in [2.24, 2.45) is 0 Å². The molecule has 0 radical (unpaired) electrons. The number of carbonyl (C=O) groups is 3. The van der Waals surface area contributed by atoms with Gasteiger partial charge in [-0.3, -0.25) is 14.9 Å². The van der Waals surface area contributed by atoms with Crippen molar-refractivity contribution in [2.45, 2.75) is 18.9 Å². The topological polar surface area (TPSA) is 153 Å². The molecule has 5 rings (SSSR count). The Bertz CT molecular complexity index is 1350. The SMILES string of the molecule is N#Cc1ccc(C(=O)Nc2cc(NC3CC3)n3ncc(/C=C4\NC(=O)NC4=O)c3n2)cc1. The Morgan fingerprint density at radius 2 is 2.00 bits per heavy atom. The predicted molar refractivity (Wildman–Crippen MR) is 113 cm³/mol.